The van der Waals surface area contributed by atoms with Crippen LogP contribution in [0.2, 0.25) is 5.02 Å². The van der Waals surface area contributed by atoms with E-state index in [2.05, 4.69) is 4.98 Å². The zero-order chi connectivity index (χ0) is 22.9. The molecule has 1 aliphatic rings. The highest BCUT2D eigenvalue weighted by molar-refractivity contribution is 7.89. The lowest BCUT2D eigenvalue weighted by Gasteiger charge is -2.31. The number of hydrogen-bond donors (Lipinski definition) is 0. The second-order valence-electron chi connectivity index (χ2n) is 8.21. The van der Waals surface area contributed by atoms with Crippen molar-refractivity contribution in [3.63, 3.8) is 0 Å². The number of fused-ring (bicyclic) bond motifs is 1. The normalized spacial score (nSPS) is 16.0. The molecule has 32 heavy (non-hydrogen) atoms. The Labute approximate surface area is 193 Å². The van der Waals surface area contributed by atoms with E-state index in [-0.39, 0.29) is 23.5 Å². The summed E-state index contributed by atoms with van der Waals surface area (Å²) in [5.41, 5.74) is 1.70. The van der Waals surface area contributed by atoms with Gasteiger partial charge in [0.1, 0.15) is 17.7 Å². The van der Waals surface area contributed by atoms with Crippen LogP contribution in [0.3, 0.4) is 0 Å². The van der Waals surface area contributed by atoms with Gasteiger partial charge in [0.25, 0.3) is 0 Å². The Balaban J connectivity index is 1.52. The Morgan fingerprint density at radius 3 is 2.50 bits per heavy atom. The number of carbonyl (C=O) groups excluding carboxylic acids is 1. The minimum absolute atomic E-state index is 0.0256. The summed E-state index contributed by atoms with van der Waals surface area (Å²) in [5.74, 6) is 0.787. The summed E-state index contributed by atoms with van der Waals surface area (Å²) in [7, 11) is -3.58. The van der Waals surface area contributed by atoms with E-state index in [9.17, 15) is 13.2 Å². The average molecular weight is 476 g/mol. The number of nitrogens with zero attached hydrogens (tertiary/aromatic N) is 3. The Hall–Kier alpha value is -2.42. The Bertz CT molecular complexity index is 1210. The van der Waals surface area contributed by atoms with Gasteiger partial charge in [0.15, 0.2) is 0 Å². The van der Waals surface area contributed by atoms with Crippen LogP contribution in [0.1, 0.15) is 38.2 Å². The standard InChI is InChI=1S/C23H26ClN3O4S/c1-16(2)31-18-3-5-19(6-4-18)32(29,30)27-11-8-17(9-12-27)20-15-26(13-14-28)23-22(20)21(24)7-10-25-23/h3-7,10,14-17H,8-9,11-13H2,1-2H3. The number of aldehydes is 1. The molecular formula is C23H26ClN3O4S. The molecule has 0 N–H and O–H groups in total. The highest BCUT2D eigenvalue weighted by atomic mass is 35.5. The van der Waals surface area contributed by atoms with E-state index in [0.29, 0.717) is 42.4 Å². The van der Waals surface area contributed by atoms with Crippen LogP contribution in [0, 0.1) is 0 Å². The van der Waals surface area contributed by atoms with Crippen LogP contribution in [0.15, 0.2) is 47.6 Å². The molecule has 1 aliphatic heterocycles. The minimum Gasteiger partial charge on any atom is -0.491 e. The van der Waals surface area contributed by atoms with Gasteiger partial charge in [-0.1, -0.05) is 11.6 Å². The molecule has 170 valence electrons. The number of carbonyl (C=O) groups is 1. The topological polar surface area (TPSA) is 81.5 Å². The van der Waals surface area contributed by atoms with Crippen molar-refractivity contribution in [2.24, 2.45) is 0 Å². The fourth-order valence-corrected chi connectivity index (χ4v) is 5.97. The van der Waals surface area contributed by atoms with E-state index in [1.54, 1.807) is 41.1 Å². The first-order chi connectivity index (χ1) is 15.3. The first-order valence-corrected chi connectivity index (χ1v) is 12.5. The van der Waals surface area contributed by atoms with E-state index in [1.165, 1.54) is 4.31 Å². The summed E-state index contributed by atoms with van der Waals surface area (Å²) < 4.78 is 35.2. The number of hydrogen-bond acceptors (Lipinski definition) is 5. The van der Waals surface area contributed by atoms with Gasteiger partial charge < -0.3 is 14.1 Å². The van der Waals surface area contributed by atoms with Crippen molar-refractivity contribution >= 4 is 38.9 Å². The molecule has 9 heteroatoms. The minimum atomic E-state index is -3.58. The molecule has 0 bridgehead atoms. The van der Waals surface area contributed by atoms with Crippen LogP contribution < -0.4 is 4.74 Å². The van der Waals surface area contributed by atoms with Crippen LogP contribution in [0.5, 0.6) is 5.75 Å². The van der Waals surface area contributed by atoms with E-state index >= 15 is 0 Å². The Morgan fingerprint density at radius 1 is 1.19 bits per heavy atom. The Kier molecular flexibility index (Phi) is 6.55. The molecule has 1 fully saturated rings. The quantitative estimate of drug-likeness (QED) is 0.477. The summed E-state index contributed by atoms with van der Waals surface area (Å²) in [5, 5.41) is 1.44. The summed E-state index contributed by atoms with van der Waals surface area (Å²) >= 11 is 6.46. The first kappa shape index (κ1) is 22.8. The molecule has 3 aromatic rings. The summed E-state index contributed by atoms with van der Waals surface area (Å²) in [6.07, 6.45) is 5.75. The van der Waals surface area contributed by atoms with Gasteiger partial charge in [-0.05, 0) is 68.5 Å². The van der Waals surface area contributed by atoms with Gasteiger partial charge in [0.2, 0.25) is 10.0 Å². The zero-order valence-corrected chi connectivity index (χ0v) is 19.6. The highest BCUT2D eigenvalue weighted by Gasteiger charge is 2.31. The van der Waals surface area contributed by atoms with Gasteiger partial charge in [-0.15, -0.1) is 0 Å². The van der Waals surface area contributed by atoms with Crippen LogP contribution in [0.25, 0.3) is 11.0 Å². The van der Waals surface area contributed by atoms with Crippen molar-refractivity contribution in [3.05, 3.63) is 53.3 Å². The van der Waals surface area contributed by atoms with E-state index in [1.807, 2.05) is 20.0 Å². The maximum atomic E-state index is 13.1. The van der Waals surface area contributed by atoms with Gasteiger partial charge in [-0.25, -0.2) is 13.4 Å². The second-order valence-corrected chi connectivity index (χ2v) is 10.6. The number of piperidine rings is 1. The molecule has 0 aliphatic carbocycles. The third-order valence-electron chi connectivity index (χ3n) is 5.73. The van der Waals surface area contributed by atoms with Gasteiger partial charge in [0, 0.05) is 30.9 Å². The largest absolute Gasteiger partial charge is 0.491 e. The third kappa shape index (κ3) is 4.40. The number of sulfonamides is 1. The number of benzene rings is 1. The molecule has 3 heterocycles. The molecule has 0 unspecified atom stereocenters. The molecule has 0 radical (unpaired) electrons. The smallest absolute Gasteiger partial charge is 0.243 e. The van der Waals surface area contributed by atoms with Crippen LogP contribution in [-0.4, -0.2) is 47.8 Å². The van der Waals surface area contributed by atoms with Crippen molar-refractivity contribution in [1.29, 1.82) is 0 Å². The maximum absolute atomic E-state index is 13.1. The fraction of sp³-hybridized carbons (Fsp3) is 0.391. The predicted molar refractivity (Wildman–Crippen MR) is 124 cm³/mol. The van der Waals surface area contributed by atoms with Crippen molar-refractivity contribution in [2.45, 2.75) is 50.2 Å². The predicted octanol–water partition coefficient (Wildman–Crippen LogP) is 4.24. The van der Waals surface area contributed by atoms with Crippen LogP contribution in [-0.2, 0) is 21.4 Å². The first-order valence-electron chi connectivity index (χ1n) is 10.6. The van der Waals surface area contributed by atoms with Gasteiger partial charge in [-0.2, -0.15) is 4.31 Å². The van der Waals surface area contributed by atoms with Crippen LogP contribution in [0.4, 0.5) is 0 Å². The molecule has 0 atom stereocenters. The van der Waals surface area contributed by atoms with Crippen molar-refractivity contribution in [2.75, 3.05) is 13.1 Å². The Morgan fingerprint density at radius 2 is 1.88 bits per heavy atom. The molecular weight excluding hydrogens is 450 g/mol. The number of ether oxygens (including phenoxy) is 1. The van der Waals surface area contributed by atoms with Crippen molar-refractivity contribution < 1.29 is 17.9 Å². The maximum Gasteiger partial charge on any atom is 0.243 e. The van der Waals surface area contributed by atoms with Gasteiger partial charge >= 0.3 is 0 Å². The summed E-state index contributed by atoms with van der Waals surface area (Å²) in [6, 6.07) is 8.31. The molecule has 2 aromatic heterocycles. The average Bonchev–Trinajstić information content (AvgIpc) is 3.14. The third-order valence-corrected chi connectivity index (χ3v) is 7.96. The van der Waals surface area contributed by atoms with Crippen LogP contribution >= 0.6 is 11.6 Å². The number of halogens is 1. The van der Waals surface area contributed by atoms with Crippen molar-refractivity contribution in [3.8, 4) is 5.75 Å². The lowest BCUT2D eigenvalue weighted by Crippen LogP contribution is -2.37. The number of aromatic nitrogens is 2. The molecule has 7 nitrogen and oxygen atoms in total. The van der Waals surface area contributed by atoms with Gasteiger partial charge in [0.05, 0.1) is 22.6 Å². The molecule has 4 rings (SSSR count). The summed E-state index contributed by atoms with van der Waals surface area (Å²) in [4.78, 5) is 15.8. The lowest BCUT2D eigenvalue weighted by molar-refractivity contribution is -0.108. The molecule has 1 aromatic carbocycles. The zero-order valence-electron chi connectivity index (χ0n) is 18.1. The van der Waals surface area contributed by atoms with E-state index in [4.69, 9.17) is 16.3 Å². The number of rotatable bonds is 7. The van der Waals surface area contributed by atoms with Crippen molar-refractivity contribution in [1.82, 2.24) is 13.9 Å². The second kappa shape index (κ2) is 9.21. The monoisotopic (exact) mass is 475 g/mol. The highest BCUT2D eigenvalue weighted by Crippen LogP contribution is 2.38. The van der Waals surface area contributed by atoms with E-state index in [0.717, 1.165) is 17.2 Å². The van der Waals surface area contributed by atoms with E-state index < -0.39 is 10.0 Å². The molecule has 1 saturated heterocycles. The molecule has 0 amide bonds. The lowest BCUT2D eigenvalue weighted by atomic mass is 9.90. The molecule has 0 saturated carbocycles. The van der Waals surface area contributed by atoms with Gasteiger partial charge in [-0.3, -0.25) is 0 Å². The number of pyridine rings is 1. The SMILES string of the molecule is CC(C)Oc1ccc(S(=O)(=O)N2CCC(c3cn(CC=O)c4nccc(Cl)c34)CC2)cc1. The fourth-order valence-electron chi connectivity index (χ4n) is 4.25. The summed E-state index contributed by atoms with van der Waals surface area (Å²) in [6.45, 7) is 4.88. The molecule has 0 spiro atoms.